The van der Waals surface area contributed by atoms with Crippen molar-refractivity contribution in [1.82, 2.24) is 4.98 Å². The second-order valence-corrected chi connectivity index (χ2v) is 6.36. The third-order valence-electron chi connectivity index (χ3n) is 4.37. The van der Waals surface area contributed by atoms with Crippen molar-refractivity contribution in [3.8, 4) is 5.75 Å². The Morgan fingerprint density at radius 3 is 2.32 bits per heavy atom. The fraction of sp³-hybridized carbons (Fsp3) is 0.286. The van der Waals surface area contributed by atoms with Gasteiger partial charge in [0.15, 0.2) is 0 Å². The van der Waals surface area contributed by atoms with Crippen molar-refractivity contribution in [2.24, 2.45) is 0 Å². The van der Waals surface area contributed by atoms with Gasteiger partial charge in [-0.25, -0.2) is 4.98 Å². The second kappa shape index (κ2) is 7.43. The molecule has 3 rings (SSSR count). The minimum Gasteiger partial charge on any atom is -0.497 e. The number of pyridine rings is 1. The average Bonchev–Trinajstić information content (AvgIpc) is 2.63. The molecule has 0 atom stereocenters. The number of methoxy groups -OCH3 is 1. The zero-order chi connectivity index (χ0) is 17.8. The second-order valence-electron chi connectivity index (χ2n) is 6.36. The van der Waals surface area contributed by atoms with Crippen LogP contribution in [0.25, 0.3) is 10.8 Å². The number of benzene rings is 2. The molecule has 130 valence electrons. The van der Waals surface area contributed by atoms with E-state index in [2.05, 4.69) is 53.5 Å². The van der Waals surface area contributed by atoms with Crippen molar-refractivity contribution in [3.05, 3.63) is 59.8 Å². The Balaban J connectivity index is 1.81. The van der Waals surface area contributed by atoms with E-state index in [0.717, 1.165) is 35.9 Å². The summed E-state index contributed by atoms with van der Waals surface area (Å²) in [5, 5.41) is 5.97. The maximum atomic E-state index is 5.21. The van der Waals surface area contributed by atoms with Gasteiger partial charge in [-0.1, -0.05) is 36.4 Å². The van der Waals surface area contributed by atoms with Crippen LogP contribution >= 0.6 is 0 Å². The molecule has 0 amide bonds. The van der Waals surface area contributed by atoms with Gasteiger partial charge in [-0.15, -0.1) is 0 Å². The number of hydrogen-bond acceptors (Lipinski definition) is 4. The monoisotopic (exact) mass is 335 g/mol. The highest BCUT2D eigenvalue weighted by Gasteiger charge is 2.12. The van der Waals surface area contributed by atoms with Crippen molar-refractivity contribution in [1.29, 1.82) is 0 Å². The maximum absolute atomic E-state index is 5.21. The Labute approximate surface area is 149 Å². The fourth-order valence-corrected chi connectivity index (χ4v) is 3.05. The van der Waals surface area contributed by atoms with Gasteiger partial charge in [0.1, 0.15) is 11.6 Å². The number of anilines is 2. The lowest BCUT2D eigenvalue weighted by molar-refractivity contribution is 0.414. The first kappa shape index (κ1) is 17.1. The van der Waals surface area contributed by atoms with E-state index in [1.54, 1.807) is 7.11 Å². The molecule has 0 aliphatic heterocycles. The van der Waals surface area contributed by atoms with Crippen LogP contribution in [-0.4, -0.2) is 32.7 Å². The molecule has 0 saturated carbocycles. The predicted octanol–water partition coefficient (Wildman–Crippen LogP) is 4.27. The summed E-state index contributed by atoms with van der Waals surface area (Å²) in [5.41, 5.74) is 3.43. The van der Waals surface area contributed by atoms with Crippen LogP contribution in [-0.2, 0) is 6.42 Å². The van der Waals surface area contributed by atoms with E-state index >= 15 is 0 Å². The van der Waals surface area contributed by atoms with E-state index in [1.807, 2.05) is 26.2 Å². The Kier molecular flexibility index (Phi) is 5.08. The molecule has 0 fully saturated rings. The zero-order valence-corrected chi connectivity index (χ0v) is 15.3. The van der Waals surface area contributed by atoms with E-state index in [9.17, 15) is 0 Å². The number of ether oxygens (including phenoxy) is 1. The minimum absolute atomic E-state index is 0.861. The number of aromatic nitrogens is 1. The van der Waals surface area contributed by atoms with Crippen LogP contribution in [0.15, 0.2) is 48.5 Å². The van der Waals surface area contributed by atoms with Gasteiger partial charge in [0, 0.05) is 31.4 Å². The molecule has 0 radical (unpaired) electrons. The van der Waals surface area contributed by atoms with Crippen molar-refractivity contribution >= 4 is 22.3 Å². The van der Waals surface area contributed by atoms with E-state index in [1.165, 1.54) is 16.3 Å². The Morgan fingerprint density at radius 2 is 1.68 bits per heavy atom. The summed E-state index contributed by atoms with van der Waals surface area (Å²) in [5.74, 6) is 1.90. The highest BCUT2D eigenvalue weighted by Crippen LogP contribution is 2.31. The highest BCUT2D eigenvalue weighted by molar-refractivity contribution is 6.01. The van der Waals surface area contributed by atoms with Crippen LogP contribution < -0.4 is 15.0 Å². The number of nitrogens with one attached hydrogen (secondary N) is 1. The van der Waals surface area contributed by atoms with Gasteiger partial charge in [-0.2, -0.15) is 0 Å². The van der Waals surface area contributed by atoms with E-state index in [-0.39, 0.29) is 0 Å². The summed E-state index contributed by atoms with van der Waals surface area (Å²) >= 11 is 0. The van der Waals surface area contributed by atoms with Gasteiger partial charge in [0.25, 0.3) is 0 Å². The van der Waals surface area contributed by atoms with Crippen molar-refractivity contribution in [2.45, 2.75) is 13.3 Å². The maximum Gasteiger partial charge on any atom is 0.136 e. The smallest absolute Gasteiger partial charge is 0.136 e. The molecule has 0 aliphatic carbocycles. The van der Waals surface area contributed by atoms with Gasteiger partial charge in [-0.05, 0) is 31.0 Å². The third kappa shape index (κ3) is 3.68. The zero-order valence-electron chi connectivity index (χ0n) is 15.3. The Bertz CT molecular complexity index is 857. The topological polar surface area (TPSA) is 37.4 Å². The molecule has 1 N–H and O–H groups in total. The molecule has 3 aromatic rings. The van der Waals surface area contributed by atoms with Gasteiger partial charge in [0.2, 0.25) is 0 Å². The molecule has 1 heterocycles. The van der Waals surface area contributed by atoms with Gasteiger partial charge >= 0.3 is 0 Å². The average molecular weight is 335 g/mol. The number of aryl methyl sites for hydroxylation is 1. The van der Waals surface area contributed by atoms with E-state index in [4.69, 9.17) is 9.72 Å². The lowest BCUT2D eigenvalue weighted by Gasteiger charge is -2.19. The first-order valence-electron chi connectivity index (χ1n) is 8.53. The third-order valence-corrected chi connectivity index (χ3v) is 4.37. The molecule has 0 aliphatic rings. The van der Waals surface area contributed by atoms with Crippen LogP contribution in [0.3, 0.4) is 0 Å². The summed E-state index contributed by atoms with van der Waals surface area (Å²) in [6.07, 6.45) is 0.952. The van der Waals surface area contributed by atoms with Crippen LogP contribution in [0.5, 0.6) is 5.75 Å². The molecule has 1 aromatic heterocycles. The molecule has 0 unspecified atom stereocenters. The summed E-state index contributed by atoms with van der Waals surface area (Å²) in [4.78, 5) is 6.86. The van der Waals surface area contributed by atoms with Crippen LogP contribution in [0.1, 0.15) is 11.3 Å². The molecular formula is C21H25N3O. The standard InChI is InChI=1S/C21H25N3O/c1-15-20(22-14-13-16-9-11-17(25-4)12-10-16)18-7-5-6-8-19(18)21(23-15)24(2)3/h5-12,22H,13-14H2,1-4H3. The lowest BCUT2D eigenvalue weighted by Crippen LogP contribution is -2.14. The lowest BCUT2D eigenvalue weighted by atomic mass is 10.1. The molecule has 25 heavy (non-hydrogen) atoms. The highest BCUT2D eigenvalue weighted by atomic mass is 16.5. The predicted molar refractivity (Wildman–Crippen MR) is 106 cm³/mol. The molecule has 4 nitrogen and oxygen atoms in total. The van der Waals surface area contributed by atoms with Crippen molar-refractivity contribution < 1.29 is 4.74 Å². The first-order valence-corrected chi connectivity index (χ1v) is 8.53. The molecule has 2 aromatic carbocycles. The SMILES string of the molecule is COc1ccc(CCNc2c(C)nc(N(C)C)c3ccccc23)cc1. The fourth-order valence-electron chi connectivity index (χ4n) is 3.05. The van der Waals surface area contributed by atoms with Gasteiger partial charge in [-0.3, -0.25) is 0 Å². The first-order chi connectivity index (χ1) is 12.1. The van der Waals surface area contributed by atoms with Crippen LogP contribution in [0, 0.1) is 6.92 Å². The van der Waals surface area contributed by atoms with Gasteiger partial charge < -0.3 is 15.0 Å². The molecule has 0 saturated heterocycles. The molecule has 4 heteroatoms. The van der Waals surface area contributed by atoms with Crippen molar-refractivity contribution in [2.75, 3.05) is 38.0 Å². The minimum atomic E-state index is 0.861. The summed E-state index contributed by atoms with van der Waals surface area (Å²) in [6, 6.07) is 16.7. The largest absolute Gasteiger partial charge is 0.497 e. The quantitative estimate of drug-likeness (QED) is 0.730. The Morgan fingerprint density at radius 1 is 1.00 bits per heavy atom. The number of nitrogens with zero attached hydrogens (tertiary/aromatic N) is 2. The van der Waals surface area contributed by atoms with Crippen LogP contribution in [0.4, 0.5) is 11.5 Å². The van der Waals surface area contributed by atoms with E-state index < -0.39 is 0 Å². The van der Waals surface area contributed by atoms with Crippen LogP contribution in [0.2, 0.25) is 0 Å². The van der Waals surface area contributed by atoms with Gasteiger partial charge in [0.05, 0.1) is 18.5 Å². The number of fused-ring (bicyclic) bond motifs is 1. The molecule has 0 bridgehead atoms. The number of rotatable bonds is 6. The van der Waals surface area contributed by atoms with E-state index in [0.29, 0.717) is 0 Å². The molecule has 0 spiro atoms. The summed E-state index contributed by atoms with van der Waals surface area (Å²) in [6.45, 7) is 2.93. The van der Waals surface area contributed by atoms with Crippen molar-refractivity contribution in [3.63, 3.8) is 0 Å². The summed E-state index contributed by atoms with van der Waals surface area (Å²) in [7, 11) is 5.75. The molecular weight excluding hydrogens is 310 g/mol. The normalized spacial score (nSPS) is 10.7. The number of hydrogen-bond donors (Lipinski definition) is 1. The Hall–Kier alpha value is -2.75. The summed E-state index contributed by atoms with van der Waals surface area (Å²) < 4.78 is 5.21.